The number of nitro benzene ring substituents is 1. The van der Waals surface area contributed by atoms with E-state index in [0.29, 0.717) is 0 Å². The quantitative estimate of drug-likeness (QED) is 0.519. The van der Waals surface area contributed by atoms with Crippen molar-refractivity contribution >= 4 is 5.69 Å². The van der Waals surface area contributed by atoms with Crippen LogP contribution in [0.1, 0.15) is 32.1 Å². The van der Waals surface area contributed by atoms with E-state index in [-0.39, 0.29) is 23.6 Å². The first-order chi connectivity index (χ1) is 9.06. The summed E-state index contributed by atoms with van der Waals surface area (Å²) in [5, 5.41) is 10.7. The van der Waals surface area contributed by atoms with E-state index in [2.05, 4.69) is 0 Å². The lowest BCUT2D eigenvalue weighted by molar-refractivity contribution is -0.385. The monoisotopic (exact) mass is 268 g/mol. The van der Waals surface area contributed by atoms with Gasteiger partial charge >= 0.3 is 0 Å². The molecule has 2 unspecified atom stereocenters. The van der Waals surface area contributed by atoms with Crippen LogP contribution in [0.25, 0.3) is 0 Å². The molecule has 5 nitrogen and oxygen atoms in total. The maximum atomic E-state index is 13.3. The highest BCUT2D eigenvalue weighted by atomic mass is 19.1. The van der Waals surface area contributed by atoms with E-state index in [1.165, 1.54) is 6.07 Å². The molecule has 2 atom stereocenters. The summed E-state index contributed by atoms with van der Waals surface area (Å²) in [7, 11) is 0. The summed E-state index contributed by atoms with van der Waals surface area (Å²) in [4.78, 5) is 10.0. The zero-order chi connectivity index (χ0) is 13.8. The van der Waals surface area contributed by atoms with Gasteiger partial charge < -0.3 is 10.5 Å². The molecular formula is C13H17FN2O3. The molecule has 0 aliphatic heterocycles. The standard InChI is InChI=1S/C13H17FN2O3/c14-9-6-10(16(17)18)8-11(7-9)19-13-5-3-1-2-4-12(13)15/h6-8,12-13H,1-5,15H2. The van der Waals surface area contributed by atoms with E-state index < -0.39 is 10.7 Å². The normalized spacial score (nSPS) is 23.7. The Bertz CT molecular complexity index is 467. The highest BCUT2D eigenvalue weighted by Gasteiger charge is 2.23. The second-order valence-electron chi connectivity index (χ2n) is 4.86. The first kappa shape index (κ1) is 13.7. The number of nitrogens with two attached hydrogens (primary N) is 1. The first-order valence-electron chi connectivity index (χ1n) is 6.43. The number of non-ortho nitro benzene ring substituents is 1. The van der Waals surface area contributed by atoms with Gasteiger partial charge in [-0.3, -0.25) is 10.1 Å². The van der Waals surface area contributed by atoms with E-state index in [9.17, 15) is 14.5 Å². The fourth-order valence-electron chi connectivity index (χ4n) is 2.34. The number of halogens is 1. The minimum Gasteiger partial charge on any atom is -0.488 e. The first-order valence-corrected chi connectivity index (χ1v) is 6.43. The third-order valence-corrected chi connectivity index (χ3v) is 3.36. The molecule has 0 amide bonds. The summed E-state index contributed by atoms with van der Waals surface area (Å²) in [6.07, 6.45) is 4.63. The third-order valence-electron chi connectivity index (χ3n) is 3.36. The SMILES string of the molecule is NC1CCCCCC1Oc1cc(F)cc([N+](=O)[O-])c1. The minimum atomic E-state index is -0.675. The molecule has 19 heavy (non-hydrogen) atoms. The molecule has 1 aromatic rings. The Kier molecular flexibility index (Phi) is 4.31. The molecule has 2 N–H and O–H groups in total. The lowest BCUT2D eigenvalue weighted by Crippen LogP contribution is -2.37. The molecule has 1 aromatic carbocycles. The van der Waals surface area contributed by atoms with Gasteiger partial charge in [0, 0.05) is 12.1 Å². The second kappa shape index (κ2) is 5.97. The van der Waals surface area contributed by atoms with Crippen LogP contribution in [-0.2, 0) is 0 Å². The number of hydrogen-bond acceptors (Lipinski definition) is 4. The van der Waals surface area contributed by atoms with Crippen molar-refractivity contribution in [3.05, 3.63) is 34.1 Å². The smallest absolute Gasteiger partial charge is 0.276 e. The fourth-order valence-corrected chi connectivity index (χ4v) is 2.34. The molecule has 0 spiro atoms. The van der Waals surface area contributed by atoms with Crippen LogP contribution in [0.2, 0.25) is 0 Å². The molecule has 1 aliphatic carbocycles. The van der Waals surface area contributed by atoms with Crippen LogP contribution in [0.3, 0.4) is 0 Å². The highest BCUT2D eigenvalue weighted by molar-refractivity contribution is 5.39. The lowest BCUT2D eigenvalue weighted by atomic mass is 10.1. The summed E-state index contributed by atoms with van der Waals surface area (Å²) in [6.45, 7) is 0. The van der Waals surface area contributed by atoms with Gasteiger partial charge in [0.1, 0.15) is 17.7 Å². The maximum absolute atomic E-state index is 13.3. The predicted molar refractivity (Wildman–Crippen MR) is 68.5 cm³/mol. The molecule has 0 aromatic heterocycles. The van der Waals surface area contributed by atoms with Gasteiger partial charge in [-0.25, -0.2) is 4.39 Å². The van der Waals surface area contributed by atoms with Crippen LogP contribution >= 0.6 is 0 Å². The Hall–Kier alpha value is -1.69. The van der Waals surface area contributed by atoms with Crippen molar-refractivity contribution in [2.24, 2.45) is 5.73 Å². The van der Waals surface area contributed by atoms with Gasteiger partial charge in [-0.1, -0.05) is 12.8 Å². The summed E-state index contributed by atoms with van der Waals surface area (Å²) in [5.41, 5.74) is 5.70. The van der Waals surface area contributed by atoms with E-state index in [4.69, 9.17) is 10.5 Å². The number of rotatable bonds is 3. The van der Waals surface area contributed by atoms with Crippen LogP contribution in [0.4, 0.5) is 10.1 Å². The summed E-state index contributed by atoms with van der Waals surface area (Å²) in [6, 6.07) is 3.16. The Morgan fingerprint density at radius 2 is 2.00 bits per heavy atom. The van der Waals surface area contributed by atoms with Gasteiger partial charge in [-0.2, -0.15) is 0 Å². The highest BCUT2D eigenvalue weighted by Crippen LogP contribution is 2.26. The molecule has 0 radical (unpaired) electrons. The molecule has 0 bridgehead atoms. The number of ether oxygens (including phenoxy) is 1. The molecular weight excluding hydrogens is 251 g/mol. The predicted octanol–water partition coefficient (Wildman–Crippen LogP) is 2.77. The van der Waals surface area contributed by atoms with E-state index in [1.54, 1.807) is 0 Å². The molecule has 2 rings (SSSR count). The largest absolute Gasteiger partial charge is 0.488 e. The Balaban J connectivity index is 2.15. The van der Waals surface area contributed by atoms with Gasteiger partial charge in [0.2, 0.25) is 0 Å². The molecule has 6 heteroatoms. The molecule has 1 fully saturated rings. The van der Waals surface area contributed by atoms with Crippen molar-refractivity contribution < 1.29 is 14.1 Å². The Morgan fingerprint density at radius 3 is 2.74 bits per heavy atom. The molecule has 0 heterocycles. The van der Waals surface area contributed by atoms with Crippen molar-refractivity contribution in [2.75, 3.05) is 0 Å². The molecule has 1 saturated carbocycles. The van der Waals surface area contributed by atoms with Gasteiger partial charge in [0.05, 0.1) is 17.1 Å². The average Bonchev–Trinajstić information content (AvgIpc) is 2.54. The Morgan fingerprint density at radius 1 is 1.26 bits per heavy atom. The van der Waals surface area contributed by atoms with Gasteiger partial charge in [-0.15, -0.1) is 0 Å². The van der Waals surface area contributed by atoms with Crippen LogP contribution in [0.5, 0.6) is 5.75 Å². The zero-order valence-corrected chi connectivity index (χ0v) is 10.5. The summed E-state index contributed by atoms with van der Waals surface area (Å²) < 4.78 is 19.0. The van der Waals surface area contributed by atoms with Crippen LogP contribution in [0, 0.1) is 15.9 Å². The average molecular weight is 268 g/mol. The van der Waals surface area contributed by atoms with Crippen molar-refractivity contribution in [3.8, 4) is 5.75 Å². The van der Waals surface area contributed by atoms with E-state index in [1.807, 2.05) is 0 Å². The van der Waals surface area contributed by atoms with Crippen LogP contribution in [0.15, 0.2) is 18.2 Å². The lowest BCUT2D eigenvalue weighted by Gasteiger charge is -2.22. The van der Waals surface area contributed by atoms with Crippen molar-refractivity contribution in [1.82, 2.24) is 0 Å². The number of nitro groups is 1. The maximum Gasteiger partial charge on any atom is 0.276 e. The Labute approximate surface area is 110 Å². The summed E-state index contributed by atoms with van der Waals surface area (Å²) in [5.74, 6) is -0.500. The van der Waals surface area contributed by atoms with Crippen LogP contribution in [-0.4, -0.2) is 17.1 Å². The van der Waals surface area contributed by atoms with Gasteiger partial charge in [0.15, 0.2) is 0 Å². The van der Waals surface area contributed by atoms with Gasteiger partial charge in [0.25, 0.3) is 5.69 Å². The minimum absolute atomic E-state index is 0.107. The fraction of sp³-hybridized carbons (Fsp3) is 0.538. The second-order valence-corrected chi connectivity index (χ2v) is 4.86. The number of benzene rings is 1. The van der Waals surface area contributed by atoms with Crippen LogP contribution < -0.4 is 10.5 Å². The third kappa shape index (κ3) is 3.64. The number of nitrogens with zero attached hydrogens (tertiary/aromatic N) is 1. The van der Waals surface area contributed by atoms with Crippen molar-refractivity contribution in [2.45, 2.75) is 44.2 Å². The molecule has 104 valence electrons. The van der Waals surface area contributed by atoms with Crippen molar-refractivity contribution in [3.63, 3.8) is 0 Å². The van der Waals surface area contributed by atoms with Gasteiger partial charge in [-0.05, 0) is 19.3 Å². The molecule has 1 aliphatic rings. The van der Waals surface area contributed by atoms with E-state index >= 15 is 0 Å². The summed E-state index contributed by atoms with van der Waals surface area (Å²) >= 11 is 0. The zero-order valence-electron chi connectivity index (χ0n) is 10.5. The van der Waals surface area contributed by atoms with E-state index in [0.717, 1.165) is 44.2 Å². The topological polar surface area (TPSA) is 78.4 Å². The number of hydrogen-bond donors (Lipinski definition) is 1. The molecule has 0 saturated heterocycles. The van der Waals surface area contributed by atoms with Crippen molar-refractivity contribution in [1.29, 1.82) is 0 Å².